The van der Waals surface area contributed by atoms with Gasteiger partial charge in [0.05, 0.1) is 12.5 Å². The van der Waals surface area contributed by atoms with Crippen molar-refractivity contribution in [2.45, 2.75) is 39.7 Å². The molecule has 1 atom stereocenters. The largest absolute Gasteiger partial charge is 0.481 e. The highest BCUT2D eigenvalue weighted by Gasteiger charge is 2.22. The number of nitrogens with one attached hydrogen (secondary N) is 1. The molecule has 0 aromatic carbocycles. The first-order chi connectivity index (χ1) is 8.28. The summed E-state index contributed by atoms with van der Waals surface area (Å²) in [5, 5.41) is 13.6. The highest BCUT2D eigenvalue weighted by Crippen LogP contribution is 2.24. The fourth-order valence-corrected chi connectivity index (χ4v) is 2.39. The van der Waals surface area contributed by atoms with Crippen molar-refractivity contribution < 1.29 is 14.7 Å². The molecule has 1 heterocycles. The van der Waals surface area contributed by atoms with Gasteiger partial charge >= 0.3 is 5.97 Å². The van der Waals surface area contributed by atoms with Crippen LogP contribution < -0.4 is 5.32 Å². The number of amides is 1. The number of carboxylic acid groups (broad SMARTS) is 1. The molecule has 0 aliphatic carbocycles. The number of rotatable bonds is 5. The van der Waals surface area contributed by atoms with Crippen LogP contribution in [0.25, 0.3) is 0 Å². The molecule has 4 nitrogen and oxygen atoms in total. The minimum Gasteiger partial charge on any atom is -0.481 e. The average molecular weight is 269 g/mol. The van der Waals surface area contributed by atoms with E-state index >= 15 is 0 Å². The predicted octanol–water partition coefficient (Wildman–Crippen LogP) is 2.82. The first-order valence-corrected chi connectivity index (χ1v) is 6.70. The Morgan fingerprint density at radius 2 is 2.11 bits per heavy atom. The molecule has 0 saturated carbocycles. The summed E-state index contributed by atoms with van der Waals surface area (Å²) in [6, 6.07) is 3.26. The first-order valence-electron chi connectivity index (χ1n) is 5.82. The highest BCUT2D eigenvalue weighted by atomic mass is 32.1. The fraction of sp³-hybridized carbons (Fsp3) is 0.538. The van der Waals surface area contributed by atoms with Crippen molar-refractivity contribution in [1.82, 2.24) is 5.32 Å². The lowest BCUT2D eigenvalue weighted by Gasteiger charge is -2.21. The van der Waals surface area contributed by atoms with Gasteiger partial charge in [0, 0.05) is 11.3 Å². The summed E-state index contributed by atoms with van der Waals surface area (Å²) in [7, 11) is 0. The van der Waals surface area contributed by atoms with Gasteiger partial charge in [-0.05, 0) is 16.9 Å². The van der Waals surface area contributed by atoms with Crippen LogP contribution in [-0.2, 0) is 9.59 Å². The van der Waals surface area contributed by atoms with E-state index in [1.165, 1.54) is 11.3 Å². The third kappa shape index (κ3) is 5.31. The number of carboxylic acids is 1. The summed E-state index contributed by atoms with van der Waals surface area (Å²) < 4.78 is 0. The van der Waals surface area contributed by atoms with Crippen molar-refractivity contribution >= 4 is 23.2 Å². The van der Waals surface area contributed by atoms with Crippen molar-refractivity contribution in [3.8, 4) is 0 Å². The van der Waals surface area contributed by atoms with Crippen LogP contribution in [0.4, 0.5) is 0 Å². The van der Waals surface area contributed by atoms with E-state index in [2.05, 4.69) is 5.32 Å². The van der Waals surface area contributed by atoms with Gasteiger partial charge in [-0.2, -0.15) is 0 Å². The number of carbonyl (C=O) groups is 2. The van der Waals surface area contributed by atoms with Crippen LogP contribution in [0.1, 0.15) is 44.5 Å². The van der Waals surface area contributed by atoms with Gasteiger partial charge in [0.25, 0.3) is 0 Å². The molecule has 0 bridgehead atoms. The topological polar surface area (TPSA) is 66.4 Å². The molecule has 0 unspecified atom stereocenters. The smallest absolute Gasteiger partial charge is 0.305 e. The summed E-state index contributed by atoms with van der Waals surface area (Å²) >= 11 is 1.45. The van der Waals surface area contributed by atoms with E-state index < -0.39 is 12.0 Å². The normalized spacial score (nSPS) is 13.1. The monoisotopic (exact) mass is 269 g/mol. The van der Waals surface area contributed by atoms with E-state index in [9.17, 15) is 9.59 Å². The van der Waals surface area contributed by atoms with E-state index in [0.717, 1.165) is 4.88 Å². The van der Waals surface area contributed by atoms with Crippen LogP contribution in [0, 0.1) is 5.41 Å². The molecule has 1 aromatic heterocycles. The van der Waals surface area contributed by atoms with Crippen LogP contribution in [0.5, 0.6) is 0 Å². The molecular formula is C13H19NO3S. The molecular weight excluding hydrogens is 250 g/mol. The average Bonchev–Trinajstić information content (AvgIpc) is 2.64. The third-order valence-corrected chi connectivity index (χ3v) is 3.28. The Morgan fingerprint density at radius 3 is 2.56 bits per heavy atom. The lowest BCUT2D eigenvalue weighted by Crippen LogP contribution is -2.32. The van der Waals surface area contributed by atoms with Crippen LogP contribution in [-0.4, -0.2) is 17.0 Å². The zero-order valence-electron chi connectivity index (χ0n) is 10.9. The second-order valence-corrected chi connectivity index (χ2v) is 6.45. The second kappa shape index (κ2) is 6.00. The maximum atomic E-state index is 11.8. The van der Waals surface area contributed by atoms with E-state index in [0.29, 0.717) is 6.42 Å². The van der Waals surface area contributed by atoms with Gasteiger partial charge in [-0.3, -0.25) is 9.59 Å². The van der Waals surface area contributed by atoms with Crippen molar-refractivity contribution in [2.75, 3.05) is 0 Å². The second-order valence-electron chi connectivity index (χ2n) is 5.47. The molecule has 5 heteroatoms. The summed E-state index contributed by atoms with van der Waals surface area (Å²) in [5.41, 5.74) is -0.104. The Hall–Kier alpha value is -1.36. The number of carbonyl (C=O) groups excluding carboxylic acids is 1. The minimum absolute atomic E-state index is 0.0869. The van der Waals surface area contributed by atoms with Crippen LogP contribution in [0.15, 0.2) is 17.5 Å². The molecule has 0 spiro atoms. The number of hydrogen-bond acceptors (Lipinski definition) is 3. The SMILES string of the molecule is CC(C)(C)CC(=O)N[C@@H](CC(=O)O)c1cccs1. The molecule has 0 aliphatic heterocycles. The molecule has 0 saturated heterocycles. The summed E-state index contributed by atoms with van der Waals surface area (Å²) in [4.78, 5) is 23.5. The van der Waals surface area contributed by atoms with Crippen molar-refractivity contribution in [2.24, 2.45) is 5.41 Å². The highest BCUT2D eigenvalue weighted by molar-refractivity contribution is 7.10. The van der Waals surface area contributed by atoms with Gasteiger partial charge in [-0.1, -0.05) is 26.8 Å². The van der Waals surface area contributed by atoms with Crippen molar-refractivity contribution in [1.29, 1.82) is 0 Å². The van der Waals surface area contributed by atoms with Crippen LogP contribution in [0.3, 0.4) is 0 Å². The standard InChI is InChI=1S/C13H19NO3S/c1-13(2,3)8-11(15)14-9(7-12(16)17)10-5-4-6-18-10/h4-6,9H,7-8H2,1-3H3,(H,14,15)(H,16,17)/t9-/m0/s1. The number of thiophene rings is 1. The zero-order valence-corrected chi connectivity index (χ0v) is 11.7. The number of hydrogen-bond donors (Lipinski definition) is 2. The van der Waals surface area contributed by atoms with E-state index in [4.69, 9.17) is 5.11 Å². The Labute approximate surface area is 111 Å². The quantitative estimate of drug-likeness (QED) is 0.863. The number of aliphatic carboxylic acids is 1. The van der Waals surface area contributed by atoms with Gasteiger partial charge in [-0.25, -0.2) is 0 Å². The Kier molecular flexibility index (Phi) is 4.90. The van der Waals surface area contributed by atoms with Crippen LogP contribution in [0.2, 0.25) is 0 Å². The molecule has 1 rings (SSSR count). The van der Waals surface area contributed by atoms with Gasteiger partial charge in [0.15, 0.2) is 0 Å². The summed E-state index contributed by atoms with van der Waals surface area (Å²) in [6.07, 6.45) is 0.297. The summed E-state index contributed by atoms with van der Waals surface area (Å²) in [5.74, 6) is -1.02. The van der Waals surface area contributed by atoms with E-state index in [1.54, 1.807) is 0 Å². The molecule has 0 radical (unpaired) electrons. The Bertz CT molecular complexity index is 406. The molecule has 18 heavy (non-hydrogen) atoms. The maximum absolute atomic E-state index is 11.8. The van der Waals surface area contributed by atoms with E-state index in [-0.39, 0.29) is 17.7 Å². The molecule has 0 aliphatic rings. The molecule has 1 aromatic rings. The molecule has 2 N–H and O–H groups in total. The lowest BCUT2D eigenvalue weighted by molar-refractivity contribution is -0.137. The van der Waals surface area contributed by atoms with Crippen molar-refractivity contribution in [3.63, 3.8) is 0 Å². The van der Waals surface area contributed by atoms with E-state index in [1.807, 2.05) is 38.3 Å². The van der Waals surface area contributed by atoms with Gasteiger partial charge in [-0.15, -0.1) is 11.3 Å². The maximum Gasteiger partial charge on any atom is 0.305 e. The Balaban J connectivity index is 2.68. The van der Waals surface area contributed by atoms with Gasteiger partial charge < -0.3 is 10.4 Å². The third-order valence-electron chi connectivity index (χ3n) is 2.29. The minimum atomic E-state index is -0.913. The zero-order chi connectivity index (χ0) is 13.8. The van der Waals surface area contributed by atoms with Gasteiger partial charge in [0.2, 0.25) is 5.91 Å². The molecule has 100 valence electrons. The predicted molar refractivity (Wildman–Crippen MR) is 71.5 cm³/mol. The van der Waals surface area contributed by atoms with Crippen LogP contribution >= 0.6 is 11.3 Å². The Morgan fingerprint density at radius 1 is 1.44 bits per heavy atom. The molecule has 1 amide bonds. The fourth-order valence-electron chi connectivity index (χ4n) is 1.61. The lowest BCUT2D eigenvalue weighted by atomic mass is 9.92. The molecule has 0 fully saturated rings. The summed E-state index contributed by atoms with van der Waals surface area (Å²) in [6.45, 7) is 5.93. The van der Waals surface area contributed by atoms with Gasteiger partial charge in [0.1, 0.15) is 0 Å². The first kappa shape index (κ1) is 14.7. The van der Waals surface area contributed by atoms with Crippen molar-refractivity contribution in [3.05, 3.63) is 22.4 Å².